The molecule has 0 heterocycles. The number of allylic oxidation sites excluding steroid dienone is 4. The summed E-state index contributed by atoms with van der Waals surface area (Å²) in [5.41, 5.74) is 3.66. The normalized spacial score (nSPS) is 48.8. The first-order chi connectivity index (χ1) is 15.3. The lowest BCUT2D eigenvalue weighted by molar-refractivity contribution is -0.185. The van der Waals surface area contributed by atoms with E-state index in [2.05, 4.69) is 54.5 Å². The van der Waals surface area contributed by atoms with Gasteiger partial charge in [-0.3, -0.25) is 9.59 Å². The monoisotopic (exact) mass is 452 g/mol. The van der Waals surface area contributed by atoms with Crippen LogP contribution in [0.3, 0.4) is 0 Å². The van der Waals surface area contributed by atoms with Crippen LogP contribution >= 0.6 is 0 Å². The van der Waals surface area contributed by atoms with Crippen LogP contribution in [0.1, 0.15) is 106 Å². The second-order valence-corrected chi connectivity index (χ2v) is 13.8. The number of carbonyl (C=O) groups excluding carboxylic acids is 1. The van der Waals surface area contributed by atoms with Crippen molar-refractivity contribution in [2.75, 3.05) is 0 Å². The van der Waals surface area contributed by atoms with Crippen LogP contribution < -0.4 is 0 Å². The van der Waals surface area contributed by atoms with E-state index in [9.17, 15) is 14.7 Å². The van der Waals surface area contributed by atoms with Crippen LogP contribution in [0.2, 0.25) is 0 Å². The zero-order valence-corrected chi connectivity index (χ0v) is 21.9. The van der Waals surface area contributed by atoms with Gasteiger partial charge in [0.05, 0.1) is 5.41 Å². The Kier molecular flexibility index (Phi) is 4.85. The molecule has 3 heteroatoms. The van der Waals surface area contributed by atoms with E-state index in [-0.39, 0.29) is 27.6 Å². The number of fused-ring (bicyclic) bond motifs is 7. The Bertz CT molecular complexity index is 985. The van der Waals surface area contributed by atoms with E-state index in [1.807, 2.05) is 0 Å². The minimum Gasteiger partial charge on any atom is -0.481 e. The van der Waals surface area contributed by atoms with Crippen LogP contribution in [0.5, 0.6) is 0 Å². The average Bonchev–Trinajstić information content (AvgIpc) is 2.74. The fraction of sp³-hybridized carbons (Fsp3) is 0.800. The van der Waals surface area contributed by atoms with Gasteiger partial charge in [-0.15, -0.1) is 0 Å². The SMILES string of the molecule is CC1=C(C)C2C3=CCC4C5(C)CCC(=O)C(C)(C)C5CCC4(C)C3(C)CCC2(C(=O)O)CC1. The first-order valence-electron chi connectivity index (χ1n) is 13.4. The highest BCUT2D eigenvalue weighted by molar-refractivity contribution is 5.85. The van der Waals surface area contributed by atoms with Gasteiger partial charge in [0.1, 0.15) is 5.78 Å². The van der Waals surface area contributed by atoms with Crippen molar-refractivity contribution in [1.82, 2.24) is 0 Å². The minimum absolute atomic E-state index is 0.0258. The molecule has 33 heavy (non-hydrogen) atoms. The van der Waals surface area contributed by atoms with Crippen LogP contribution in [0.15, 0.2) is 22.8 Å². The molecule has 0 aliphatic heterocycles. The minimum atomic E-state index is -0.627. The first kappa shape index (κ1) is 23.4. The van der Waals surface area contributed by atoms with Crippen molar-refractivity contribution in [3.63, 3.8) is 0 Å². The van der Waals surface area contributed by atoms with Gasteiger partial charge in [-0.05, 0) is 93.3 Å². The van der Waals surface area contributed by atoms with Gasteiger partial charge in [-0.2, -0.15) is 0 Å². The summed E-state index contributed by atoms with van der Waals surface area (Å²) in [6.45, 7) is 16.4. The molecule has 3 fully saturated rings. The molecule has 0 aromatic heterocycles. The topological polar surface area (TPSA) is 54.4 Å². The Morgan fingerprint density at radius 3 is 2.30 bits per heavy atom. The van der Waals surface area contributed by atoms with Crippen molar-refractivity contribution in [2.45, 2.75) is 106 Å². The highest BCUT2D eigenvalue weighted by atomic mass is 16.4. The molecule has 3 nitrogen and oxygen atoms in total. The standard InChI is InChI=1S/C30H44O3/c1-18-10-15-30(25(32)33)17-16-28(6)20(24(30)19(18)2)8-9-22-27(5)13-12-23(31)26(3,4)21(27)11-14-29(22,28)7/h8,21-22,24H,9-17H2,1-7H3,(H,32,33). The quantitative estimate of drug-likeness (QED) is 0.423. The molecule has 0 amide bonds. The first-order valence-corrected chi connectivity index (χ1v) is 13.4. The second kappa shape index (κ2) is 6.85. The summed E-state index contributed by atoms with van der Waals surface area (Å²) in [5.74, 6) is 0.918. The van der Waals surface area contributed by atoms with E-state index < -0.39 is 11.4 Å². The Morgan fingerprint density at radius 1 is 0.939 bits per heavy atom. The molecule has 0 aromatic rings. The molecule has 182 valence electrons. The van der Waals surface area contributed by atoms with Crippen LogP contribution in [-0.2, 0) is 9.59 Å². The van der Waals surface area contributed by atoms with Crippen LogP contribution in [0.25, 0.3) is 0 Å². The number of hydrogen-bond acceptors (Lipinski definition) is 2. The van der Waals surface area contributed by atoms with Crippen LogP contribution in [0, 0.1) is 44.8 Å². The summed E-state index contributed by atoms with van der Waals surface area (Å²) in [6.07, 6.45) is 11.0. The molecule has 0 aromatic carbocycles. The molecule has 3 saturated carbocycles. The van der Waals surface area contributed by atoms with Crippen molar-refractivity contribution >= 4 is 11.8 Å². The van der Waals surface area contributed by atoms with Gasteiger partial charge in [-0.1, -0.05) is 57.4 Å². The Balaban J connectivity index is 1.64. The molecular formula is C30H44O3. The van der Waals surface area contributed by atoms with E-state index in [0.29, 0.717) is 24.0 Å². The molecular weight excluding hydrogens is 408 g/mol. The summed E-state index contributed by atoms with van der Waals surface area (Å²) in [6, 6.07) is 0. The highest BCUT2D eigenvalue weighted by Gasteiger charge is 2.69. The maximum absolute atomic E-state index is 12.9. The molecule has 5 aliphatic rings. The third-order valence-corrected chi connectivity index (χ3v) is 12.7. The maximum atomic E-state index is 12.9. The van der Waals surface area contributed by atoms with Gasteiger partial charge >= 0.3 is 5.97 Å². The van der Waals surface area contributed by atoms with E-state index in [1.54, 1.807) is 0 Å². The predicted molar refractivity (Wildman–Crippen MR) is 132 cm³/mol. The summed E-state index contributed by atoms with van der Waals surface area (Å²) in [5, 5.41) is 10.5. The number of ketones is 1. The summed E-state index contributed by atoms with van der Waals surface area (Å²) >= 11 is 0. The smallest absolute Gasteiger partial charge is 0.310 e. The molecule has 7 unspecified atom stereocenters. The zero-order valence-electron chi connectivity index (χ0n) is 21.9. The summed E-state index contributed by atoms with van der Waals surface area (Å²) < 4.78 is 0. The molecule has 0 saturated heterocycles. The molecule has 0 bridgehead atoms. The molecule has 0 radical (unpaired) electrons. The molecule has 7 atom stereocenters. The van der Waals surface area contributed by atoms with Crippen molar-refractivity contribution in [1.29, 1.82) is 0 Å². The number of carboxylic acids is 1. The third kappa shape index (κ3) is 2.63. The number of aliphatic carboxylic acids is 1. The van der Waals surface area contributed by atoms with E-state index in [0.717, 1.165) is 51.4 Å². The van der Waals surface area contributed by atoms with Crippen molar-refractivity contribution in [3.05, 3.63) is 22.8 Å². The predicted octanol–water partition coefficient (Wildman–Crippen LogP) is 7.36. The van der Waals surface area contributed by atoms with Gasteiger partial charge in [0, 0.05) is 17.8 Å². The lowest BCUT2D eigenvalue weighted by atomic mass is 9.34. The van der Waals surface area contributed by atoms with Gasteiger partial charge in [0.15, 0.2) is 0 Å². The summed E-state index contributed by atoms with van der Waals surface area (Å²) in [4.78, 5) is 25.7. The number of rotatable bonds is 1. The van der Waals surface area contributed by atoms with E-state index >= 15 is 0 Å². The van der Waals surface area contributed by atoms with Gasteiger partial charge in [0.25, 0.3) is 0 Å². The number of carboxylic acid groups (broad SMARTS) is 1. The Labute approximate surface area is 200 Å². The zero-order chi connectivity index (χ0) is 24.2. The second-order valence-electron chi connectivity index (χ2n) is 13.8. The average molecular weight is 453 g/mol. The van der Waals surface area contributed by atoms with E-state index in [4.69, 9.17) is 0 Å². The van der Waals surface area contributed by atoms with Crippen LogP contribution in [-0.4, -0.2) is 16.9 Å². The lowest BCUT2D eigenvalue weighted by Gasteiger charge is -2.70. The lowest BCUT2D eigenvalue weighted by Crippen LogP contribution is -2.64. The van der Waals surface area contributed by atoms with Crippen molar-refractivity contribution < 1.29 is 14.7 Å². The van der Waals surface area contributed by atoms with Gasteiger partial charge in [0.2, 0.25) is 0 Å². The largest absolute Gasteiger partial charge is 0.481 e. The maximum Gasteiger partial charge on any atom is 0.310 e. The molecule has 5 aliphatic carbocycles. The van der Waals surface area contributed by atoms with Crippen molar-refractivity contribution in [2.24, 2.45) is 44.8 Å². The molecule has 5 rings (SSSR count). The Morgan fingerprint density at radius 2 is 1.64 bits per heavy atom. The Hall–Kier alpha value is -1.38. The van der Waals surface area contributed by atoms with Gasteiger partial charge < -0.3 is 5.11 Å². The number of Topliss-reactive ketones (excluding diaryl/α,β-unsaturated/α-hetero) is 1. The summed E-state index contributed by atoms with van der Waals surface area (Å²) in [7, 11) is 0. The number of carbonyl (C=O) groups is 2. The van der Waals surface area contributed by atoms with Crippen LogP contribution in [0.4, 0.5) is 0 Å². The van der Waals surface area contributed by atoms with Crippen molar-refractivity contribution in [3.8, 4) is 0 Å². The number of hydrogen-bond donors (Lipinski definition) is 1. The fourth-order valence-electron chi connectivity index (χ4n) is 10.2. The third-order valence-electron chi connectivity index (χ3n) is 12.7. The van der Waals surface area contributed by atoms with Gasteiger partial charge in [-0.25, -0.2) is 0 Å². The molecule has 1 N–H and O–H groups in total. The van der Waals surface area contributed by atoms with E-state index in [1.165, 1.54) is 16.7 Å². The highest BCUT2D eigenvalue weighted by Crippen LogP contribution is 2.75. The fourth-order valence-corrected chi connectivity index (χ4v) is 10.2. The molecule has 0 spiro atoms.